The maximum absolute atomic E-state index is 13.6. The summed E-state index contributed by atoms with van der Waals surface area (Å²) in [5.74, 6) is -0.662. The maximum Gasteiger partial charge on any atom is 0.267 e. The van der Waals surface area contributed by atoms with Crippen LogP contribution < -0.4 is 10.5 Å². The van der Waals surface area contributed by atoms with Gasteiger partial charge in [0.05, 0.1) is 5.69 Å². The van der Waals surface area contributed by atoms with Gasteiger partial charge in [0, 0.05) is 23.0 Å². The van der Waals surface area contributed by atoms with Gasteiger partial charge in [-0.05, 0) is 61.5 Å². The molecule has 6 heteroatoms. The Labute approximate surface area is 179 Å². The smallest absolute Gasteiger partial charge is 0.267 e. The zero-order valence-corrected chi connectivity index (χ0v) is 16.9. The van der Waals surface area contributed by atoms with Gasteiger partial charge in [0.15, 0.2) is 0 Å². The molecule has 0 bridgehead atoms. The third-order valence-corrected chi connectivity index (χ3v) is 4.94. The molecule has 1 amide bonds. The zero-order valence-electron chi connectivity index (χ0n) is 16.9. The van der Waals surface area contributed by atoms with E-state index in [4.69, 9.17) is 0 Å². The number of carbonyl (C=O) groups is 1. The Bertz CT molecular complexity index is 1200. The minimum Gasteiger partial charge on any atom is -0.279 e. The Balaban J connectivity index is 1.74. The second-order valence-electron chi connectivity index (χ2n) is 7.03. The SMILES string of the molecule is CC(C(=O)N(c1ccccc1)c1ccccc1)n1nc(-c2ccc(F)cc2)ccc1=O. The highest BCUT2D eigenvalue weighted by Crippen LogP contribution is 2.28. The van der Waals surface area contributed by atoms with Gasteiger partial charge in [0.25, 0.3) is 11.5 Å². The number of anilines is 2. The van der Waals surface area contributed by atoms with Gasteiger partial charge in [-0.15, -0.1) is 0 Å². The summed E-state index contributed by atoms with van der Waals surface area (Å²) in [6.45, 7) is 1.64. The van der Waals surface area contributed by atoms with Crippen LogP contribution in [0.4, 0.5) is 15.8 Å². The van der Waals surface area contributed by atoms with Gasteiger partial charge in [0.2, 0.25) is 0 Å². The van der Waals surface area contributed by atoms with Crippen LogP contribution in [0, 0.1) is 5.82 Å². The van der Waals surface area contributed by atoms with Crippen molar-refractivity contribution in [2.75, 3.05) is 4.90 Å². The Morgan fingerprint density at radius 2 is 1.39 bits per heavy atom. The van der Waals surface area contributed by atoms with Crippen LogP contribution in [0.15, 0.2) is 102 Å². The number of nitrogens with zero attached hydrogens (tertiary/aromatic N) is 3. The Morgan fingerprint density at radius 3 is 1.94 bits per heavy atom. The molecule has 1 atom stereocenters. The van der Waals surface area contributed by atoms with Crippen molar-refractivity contribution in [2.24, 2.45) is 0 Å². The van der Waals surface area contributed by atoms with Crippen LogP contribution in [-0.2, 0) is 4.79 Å². The molecule has 1 heterocycles. The number of para-hydroxylation sites is 2. The van der Waals surface area contributed by atoms with E-state index < -0.39 is 11.6 Å². The quantitative estimate of drug-likeness (QED) is 0.464. The largest absolute Gasteiger partial charge is 0.279 e. The summed E-state index contributed by atoms with van der Waals surface area (Å²) >= 11 is 0. The molecule has 5 nitrogen and oxygen atoms in total. The zero-order chi connectivity index (χ0) is 21.8. The molecule has 1 unspecified atom stereocenters. The molecule has 0 aliphatic carbocycles. The van der Waals surface area contributed by atoms with Crippen LogP contribution in [0.25, 0.3) is 11.3 Å². The van der Waals surface area contributed by atoms with Gasteiger partial charge in [-0.25, -0.2) is 9.07 Å². The standard InChI is InChI=1S/C25H20FN3O2/c1-18(29-24(30)17-16-23(27-29)19-12-14-20(26)15-13-19)25(31)28(21-8-4-2-5-9-21)22-10-6-3-7-11-22/h2-18H,1H3. The van der Waals surface area contributed by atoms with Crippen LogP contribution >= 0.6 is 0 Å². The van der Waals surface area contributed by atoms with Crippen molar-refractivity contribution < 1.29 is 9.18 Å². The summed E-state index contributed by atoms with van der Waals surface area (Å²) < 4.78 is 14.4. The first-order valence-corrected chi connectivity index (χ1v) is 9.84. The van der Waals surface area contributed by atoms with Crippen LogP contribution in [-0.4, -0.2) is 15.7 Å². The fourth-order valence-electron chi connectivity index (χ4n) is 3.33. The van der Waals surface area contributed by atoms with Crippen LogP contribution in [0.2, 0.25) is 0 Å². The van der Waals surface area contributed by atoms with Crippen molar-refractivity contribution in [3.05, 3.63) is 113 Å². The molecule has 0 saturated heterocycles. The van der Waals surface area contributed by atoms with Gasteiger partial charge in [0.1, 0.15) is 11.9 Å². The molecule has 0 aliphatic heterocycles. The van der Waals surface area contributed by atoms with Crippen LogP contribution in [0.3, 0.4) is 0 Å². The average Bonchev–Trinajstić information content (AvgIpc) is 2.81. The van der Waals surface area contributed by atoms with Gasteiger partial charge in [-0.2, -0.15) is 5.10 Å². The van der Waals surface area contributed by atoms with E-state index in [-0.39, 0.29) is 11.7 Å². The van der Waals surface area contributed by atoms with E-state index >= 15 is 0 Å². The molecule has 154 valence electrons. The van der Waals surface area contributed by atoms with Gasteiger partial charge < -0.3 is 0 Å². The van der Waals surface area contributed by atoms with E-state index in [0.717, 1.165) is 0 Å². The average molecular weight is 413 g/mol. The first-order chi connectivity index (χ1) is 15.0. The molecule has 4 aromatic rings. The number of carbonyl (C=O) groups excluding carboxylic acids is 1. The number of hydrogen-bond acceptors (Lipinski definition) is 3. The van der Waals surface area contributed by atoms with Crippen molar-refractivity contribution in [1.82, 2.24) is 9.78 Å². The molecule has 3 aromatic carbocycles. The van der Waals surface area contributed by atoms with Crippen molar-refractivity contribution in [1.29, 1.82) is 0 Å². The van der Waals surface area contributed by atoms with Crippen molar-refractivity contribution >= 4 is 17.3 Å². The minimum absolute atomic E-state index is 0.303. The van der Waals surface area contributed by atoms with E-state index in [1.807, 2.05) is 60.7 Å². The predicted octanol–water partition coefficient (Wildman–Crippen LogP) is 4.98. The lowest BCUT2D eigenvalue weighted by atomic mass is 10.1. The molecular formula is C25H20FN3O2. The molecule has 0 N–H and O–H groups in total. The molecule has 0 aliphatic rings. The summed E-state index contributed by atoms with van der Waals surface area (Å²) in [5, 5.41) is 4.40. The number of benzene rings is 3. The normalized spacial score (nSPS) is 11.7. The maximum atomic E-state index is 13.6. The molecule has 1 aromatic heterocycles. The van der Waals surface area contributed by atoms with Gasteiger partial charge in [-0.3, -0.25) is 14.5 Å². The van der Waals surface area contributed by atoms with Crippen molar-refractivity contribution in [3.63, 3.8) is 0 Å². The molecule has 4 rings (SSSR count). The number of hydrogen-bond donors (Lipinski definition) is 0. The third-order valence-electron chi connectivity index (χ3n) is 4.94. The van der Waals surface area contributed by atoms with E-state index in [1.54, 1.807) is 30.0 Å². The second kappa shape index (κ2) is 8.75. The first-order valence-electron chi connectivity index (χ1n) is 9.84. The predicted molar refractivity (Wildman–Crippen MR) is 119 cm³/mol. The summed E-state index contributed by atoms with van der Waals surface area (Å²) in [7, 11) is 0. The Morgan fingerprint density at radius 1 is 0.839 bits per heavy atom. The highest BCUT2D eigenvalue weighted by molar-refractivity contribution is 6.02. The van der Waals surface area contributed by atoms with Gasteiger partial charge in [-0.1, -0.05) is 36.4 Å². The van der Waals surface area contributed by atoms with E-state index in [2.05, 4.69) is 5.10 Å². The Hall–Kier alpha value is -4.06. The lowest BCUT2D eigenvalue weighted by molar-refractivity contribution is -0.120. The summed E-state index contributed by atoms with van der Waals surface area (Å²) in [6, 6.07) is 26.4. The number of amides is 1. The highest BCUT2D eigenvalue weighted by atomic mass is 19.1. The fourth-order valence-corrected chi connectivity index (χ4v) is 3.33. The van der Waals surface area contributed by atoms with E-state index in [9.17, 15) is 14.0 Å². The topological polar surface area (TPSA) is 55.2 Å². The van der Waals surface area contributed by atoms with Crippen molar-refractivity contribution in [2.45, 2.75) is 13.0 Å². The number of halogens is 1. The molecule has 0 saturated carbocycles. The van der Waals surface area contributed by atoms with Gasteiger partial charge >= 0.3 is 0 Å². The second-order valence-corrected chi connectivity index (χ2v) is 7.03. The van der Waals surface area contributed by atoms with Crippen LogP contribution in [0.1, 0.15) is 13.0 Å². The summed E-state index contributed by atoms with van der Waals surface area (Å²) in [4.78, 5) is 27.7. The lowest BCUT2D eigenvalue weighted by Crippen LogP contribution is -2.38. The van der Waals surface area contributed by atoms with E-state index in [0.29, 0.717) is 22.6 Å². The molecule has 31 heavy (non-hydrogen) atoms. The molecule has 0 radical (unpaired) electrons. The number of aromatic nitrogens is 2. The summed E-state index contributed by atoms with van der Waals surface area (Å²) in [5.41, 5.74) is 2.11. The van der Waals surface area contributed by atoms with Crippen molar-refractivity contribution in [3.8, 4) is 11.3 Å². The monoisotopic (exact) mass is 413 g/mol. The molecule has 0 fully saturated rings. The van der Waals surface area contributed by atoms with Crippen LogP contribution in [0.5, 0.6) is 0 Å². The van der Waals surface area contributed by atoms with E-state index in [1.165, 1.54) is 22.9 Å². The minimum atomic E-state index is -0.867. The third kappa shape index (κ3) is 4.28. The fraction of sp³-hybridized carbons (Fsp3) is 0.0800. The first kappa shape index (κ1) is 20.2. The lowest BCUT2D eigenvalue weighted by Gasteiger charge is -2.26. The summed E-state index contributed by atoms with van der Waals surface area (Å²) in [6.07, 6.45) is 0. The molecular weight excluding hydrogens is 393 g/mol. The Kier molecular flexibility index (Phi) is 5.71. The number of rotatable bonds is 5. The highest BCUT2D eigenvalue weighted by Gasteiger charge is 2.26. The molecule has 0 spiro atoms.